The van der Waals surface area contributed by atoms with Gasteiger partial charge in [-0.15, -0.1) is 0 Å². The van der Waals surface area contributed by atoms with E-state index in [2.05, 4.69) is 18.7 Å². The van der Waals surface area contributed by atoms with Crippen molar-refractivity contribution in [1.82, 2.24) is 0 Å². The maximum Gasteiger partial charge on any atom is 0.188 e. The molecule has 0 radical (unpaired) electrons. The van der Waals surface area contributed by atoms with E-state index in [4.69, 9.17) is 10.6 Å². The van der Waals surface area contributed by atoms with Crippen LogP contribution in [0.15, 0.2) is 24.3 Å². The number of nitrogens with two attached hydrogens (primary N) is 1. The molecule has 2 N–H and O–H groups in total. The zero-order valence-electron chi connectivity index (χ0n) is 9.82. The Labute approximate surface area is 92.1 Å². The summed E-state index contributed by atoms with van der Waals surface area (Å²) in [4.78, 5) is 4.62. The normalized spacial score (nSPS) is 8.80. The first-order chi connectivity index (χ1) is 7.29. The minimum atomic E-state index is 0.575. The van der Waals surface area contributed by atoms with E-state index in [1.54, 1.807) is 6.07 Å². The lowest BCUT2D eigenvalue weighted by atomic mass is 10.3. The molecule has 0 heterocycles. The van der Waals surface area contributed by atoms with Crippen molar-refractivity contribution in [3.63, 3.8) is 0 Å². The lowest BCUT2D eigenvalue weighted by Gasteiger charge is -2.07. The van der Waals surface area contributed by atoms with E-state index in [9.17, 15) is 0 Å². The van der Waals surface area contributed by atoms with Gasteiger partial charge >= 0.3 is 0 Å². The lowest BCUT2D eigenvalue weighted by Crippen LogP contribution is -2.04. The maximum absolute atomic E-state index is 5.37. The van der Waals surface area contributed by atoms with Crippen LogP contribution in [0.3, 0.4) is 0 Å². The Bertz CT molecular complexity index is 251. The third-order valence-electron chi connectivity index (χ3n) is 1.44. The Morgan fingerprint density at radius 1 is 1.07 bits per heavy atom. The van der Waals surface area contributed by atoms with Crippen LogP contribution in [0.5, 0.6) is 11.5 Å². The quantitative estimate of drug-likeness (QED) is 0.778. The zero-order valence-corrected chi connectivity index (χ0v) is 9.82. The molecular formula is C12H21NO2. The summed E-state index contributed by atoms with van der Waals surface area (Å²) in [5.41, 5.74) is 0. The number of rotatable bonds is 4. The van der Waals surface area contributed by atoms with Gasteiger partial charge in [0.15, 0.2) is 11.5 Å². The van der Waals surface area contributed by atoms with E-state index in [0.717, 1.165) is 6.42 Å². The molecular weight excluding hydrogens is 190 g/mol. The first-order valence-corrected chi connectivity index (χ1v) is 5.38. The monoisotopic (exact) mass is 211 g/mol. The van der Waals surface area contributed by atoms with E-state index >= 15 is 0 Å². The summed E-state index contributed by atoms with van der Waals surface area (Å²) >= 11 is 0. The first-order valence-electron chi connectivity index (χ1n) is 5.38. The van der Waals surface area contributed by atoms with Crippen LogP contribution in [0, 0.1) is 0 Å². The molecule has 86 valence electrons. The highest BCUT2D eigenvalue weighted by molar-refractivity contribution is 5.39. The van der Waals surface area contributed by atoms with Gasteiger partial charge in [-0.2, -0.15) is 5.90 Å². The second kappa shape index (κ2) is 9.34. The minimum Gasteiger partial charge on any atom is -0.490 e. The third kappa shape index (κ3) is 5.96. The molecule has 0 fully saturated rings. The SMILES string of the molecule is CCC.CCCOc1ccccc1ON. The van der Waals surface area contributed by atoms with Crippen LogP contribution in [0.25, 0.3) is 0 Å². The topological polar surface area (TPSA) is 44.5 Å². The van der Waals surface area contributed by atoms with Crippen molar-refractivity contribution in [1.29, 1.82) is 0 Å². The van der Waals surface area contributed by atoms with Gasteiger partial charge in [-0.3, -0.25) is 0 Å². The van der Waals surface area contributed by atoms with E-state index in [1.165, 1.54) is 6.42 Å². The molecule has 0 aliphatic rings. The highest BCUT2D eigenvalue weighted by Crippen LogP contribution is 2.24. The highest BCUT2D eigenvalue weighted by atomic mass is 16.6. The number of benzene rings is 1. The molecule has 1 rings (SSSR count). The van der Waals surface area contributed by atoms with Crippen molar-refractivity contribution in [2.45, 2.75) is 33.6 Å². The number of para-hydroxylation sites is 2. The maximum atomic E-state index is 5.37. The first kappa shape index (κ1) is 13.8. The minimum absolute atomic E-state index is 0.575. The molecule has 3 heteroatoms. The molecule has 0 unspecified atom stereocenters. The van der Waals surface area contributed by atoms with Gasteiger partial charge in [0, 0.05) is 0 Å². The molecule has 3 nitrogen and oxygen atoms in total. The standard InChI is InChI=1S/C9H13NO2.C3H8/c1-2-7-11-8-5-3-4-6-9(8)12-10;1-3-2/h3-6H,2,7,10H2,1H3;3H2,1-2H3. The van der Waals surface area contributed by atoms with Gasteiger partial charge in [-0.1, -0.05) is 39.3 Å². The van der Waals surface area contributed by atoms with E-state index in [0.29, 0.717) is 18.1 Å². The summed E-state index contributed by atoms with van der Waals surface area (Å²) in [6, 6.07) is 7.33. The molecule has 0 atom stereocenters. The summed E-state index contributed by atoms with van der Waals surface area (Å²) in [6.07, 6.45) is 2.22. The Balaban J connectivity index is 0.000000583. The van der Waals surface area contributed by atoms with Gasteiger partial charge < -0.3 is 9.57 Å². The summed E-state index contributed by atoms with van der Waals surface area (Å²) in [5.74, 6) is 6.31. The largest absolute Gasteiger partial charge is 0.490 e. The fourth-order valence-electron chi connectivity index (χ4n) is 0.879. The fourth-order valence-corrected chi connectivity index (χ4v) is 0.879. The van der Waals surface area contributed by atoms with Crippen molar-refractivity contribution in [3.8, 4) is 11.5 Å². The van der Waals surface area contributed by atoms with E-state index < -0.39 is 0 Å². The van der Waals surface area contributed by atoms with Crippen LogP contribution in [-0.4, -0.2) is 6.61 Å². The van der Waals surface area contributed by atoms with Crippen molar-refractivity contribution < 1.29 is 9.57 Å². The van der Waals surface area contributed by atoms with Gasteiger partial charge in [0.25, 0.3) is 0 Å². The second-order valence-electron chi connectivity index (χ2n) is 3.12. The number of hydrogen-bond donors (Lipinski definition) is 1. The Kier molecular flexibility index (Phi) is 8.58. The van der Waals surface area contributed by atoms with Gasteiger partial charge in [-0.05, 0) is 18.6 Å². The predicted octanol–water partition coefficient (Wildman–Crippen LogP) is 3.14. The zero-order chi connectivity index (χ0) is 11.5. The summed E-state index contributed by atoms with van der Waals surface area (Å²) < 4.78 is 5.37. The summed E-state index contributed by atoms with van der Waals surface area (Å²) in [5, 5.41) is 0. The molecule has 0 aliphatic carbocycles. The second-order valence-corrected chi connectivity index (χ2v) is 3.12. The molecule has 0 saturated carbocycles. The summed E-state index contributed by atoms with van der Waals surface area (Å²) in [7, 11) is 0. The van der Waals surface area contributed by atoms with Gasteiger partial charge in [-0.25, -0.2) is 0 Å². The van der Waals surface area contributed by atoms with Gasteiger partial charge in [0.05, 0.1) is 6.61 Å². The highest BCUT2D eigenvalue weighted by Gasteiger charge is 2.00. The van der Waals surface area contributed by atoms with E-state index in [1.807, 2.05) is 25.1 Å². The van der Waals surface area contributed by atoms with Crippen molar-refractivity contribution in [2.24, 2.45) is 5.90 Å². The van der Waals surface area contributed by atoms with Crippen LogP contribution in [0.4, 0.5) is 0 Å². The Hall–Kier alpha value is -1.22. The number of hydrogen-bond acceptors (Lipinski definition) is 3. The van der Waals surface area contributed by atoms with Crippen molar-refractivity contribution in [2.75, 3.05) is 6.61 Å². The Morgan fingerprint density at radius 2 is 1.60 bits per heavy atom. The molecule has 0 spiro atoms. The predicted molar refractivity (Wildman–Crippen MR) is 63.0 cm³/mol. The van der Waals surface area contributed by atoms with Crippen LogP contribution >= 0.6 is 0 Å². The van der Waals surface area contributed by atoms with Crippen LogP contribution in [-0.2, 0) is 0 Å². The fraction of sp³-hybridized carbons (Fsp3) is 0.500. The lowest BCUT2D eigenvalue weighted by molar-refractivity contribution is 0.274. The molecule has 1 aromatic rings. The van der Waals surface area contributed by atoms with Crippen LogP contribution in [0.1, 0.15) is 33.6 Å². The Morgan fingerprint density at radius 3 is 2.07 bits per heavy atom. The van der Waals surface area contributed by atoms with Gasteiger partial charge in [0.1, 0.15) is 0 Å². The molecule has 0 aromatic heterocycles. The molecule has 15 heavy (non-hydrogen) atoms. The third-order valence-corrected chi connectivity index (χ3v) is 1.44. The van der Waals surface area contributed by atoms with Gasteiger partial charge in [0.2, 0.25) is 0 Å². The smallest absolute Gasteiger partial charge is 0.188 e. The molecule has 0 saturated heterocycles. The molecule has 0 amide bonds. The van der Waals surface area contributed by atoms with E-state index in [-0.39, 0.29) is 0 Å². The van der Waals surface area contributed by atoms with Crippen molar-refractivity contribution in [3.05, 3.63) is 24.3 Å². The van der Waals surface area contributed by atoms with Crippen LogP contribution in [0.2, 0.25) is 0 Å². The van der Waals surface area contributed by atoms with Crippen LogP contribution < -0.4 is 15.5 Å². The molecule has 0 aliphatic heterocycles. The molecule has 0 bridgehead atoms. The molecule has 1 aromatic carbocycles. The number of ether oxygens (including phenoxy) is 1. The van der Waals surface area contributed by atoms with Crippen molar-refractivity contribution >= 4 is 0 Å². The summed E-state index contributed by atoms with van der Waals surface area (Å²) in [6.45, 7) is 6.98. The average molecular weight is 211 g/mol. The average Bonchev–Trinajstić information content (AvgIpc) is 2.28.